The molecule has 3 saturated carbocycles. The molecule has 5 unspecified atom stereocenters. The Kier molecular flexibility index (Phi) is 11.5. The summed E-state index contributed by atoms with van der Waals surface area (Å²) in [6, 6.07) is 0. The van der Waals surface area contributed by atoms with Crippen LogP contribution in [0.15, 0.2) is 11.6 Å². The Morgan fingerprint density at radius 1 is 0.976 bits per heavy atom. The van der Waals surface area contributed by atoms with Gasteiger partial charge < -0.3 is 14.6 Å². The molecule has 0 aromatic carbocycles. The van der Waals surface area contributed by atoms with Crippen molar-refractivity contribution in [1.29, 1.82) is 0 Å². The van der Waals surface area contributed by atoms with Gasteiger partial charge in [0.2, 0.25) is 0 Å². The second kappa shape index (κ2) is 14.1. The molecular weight excluding hydrogens is 536 g/mol. The normalized spacial score (nSPS) is 36.8. The Balaban J connectivity index is 1.41. The van der Waals surface area contributed by atoms with Crippen molar-refractivity contribution in [2.75, 3.05) is 39.3 Å². The molecule has 9 atom stereocenters. The molecule has 4 rings (SSSR count). The highest BCUT2D eigenvalue weighted by molar-refractivity contribution is 7.86. The Morgan fingerprint density at radius 3 is 2.44 bits per heavy atom. The van der Waals surface area contributed by atoms with Gasteiger partial charge in [-0.15, -0.1) is 0 Å². The van der Waals surface area contributed by atoms with Crippen LogP contribution in [0, 0.1) is 52.3 Å². The lowest BCUT2D eigenvalue weighted by Crippen LogP contribution is -2.51. The van der Waals surface area contributed by atoms with E-state index < -0.39 is 16.2 Å². The number of allylic oxidation sites excluding steroid dienone is 2. The third-order valence-electron chi connectivity index (χ3n) is 12.1. The number of hydrogen-bond donors (Lipinski definition) is 1. The molecule has 4 aliphatic rings. The van der Waals surface area contributed by atoms with Crippen molar-refractivity contribution < 1.29 is 27.2 Å². The van der Waals surface area contributed by atoms with Crippen LogP contribution >= 0.6 is 0 Å². The Bertz CT molecular complexity index is 978. The highest BCUT2D eigenvalue weighted by Gasteiger charge is 2.59. The van der Waals surface area contributed by atoms with Gasteiger partial charge in [-0.25, -0.2) is 0 Å². The summed E-state index contributed by atoms with van der Waals surface area (Å²) in [5.74, 6) is 5.02. The fourth-order valence-electron chi connectivity index (χ4n) is 9.98. The molecule has 0 radical (unpaired) electrons. The third-order valence-corrected chi connectivity index (χ3v) is 12.7. The Hall–Kier alpha value is -0.470. The maximum atomic E-state index is 12.1. The van der Waals surface area contributed by atoms with Crippen molar-refractivity contribution >= 4 is 10.1 Å². The molecule has 0 bridgehead atoms. The molecular formula is C34H60O6S. The highest BCUT2D eigenvalue weighted by atomic mass is 32.2. The number of hydrogen-bond acceptors (Lipinski definition) is 6. The first kappa shape index (κ1) is 33.4. The summed E-state index contributed by atoms with van der Waals surface area (Å²) < 4.78 is 41.0. The molecule has 0 amide bonds. The van der Waals surface area contributed by atoms with Gasteiger partial charge in [0.25, 0.3) is 10.1 Å². The van der Waals surface area contributed by atoms with Crippen molar-refractivity contribution in [3.8, 4) is 0 Å². The van der Waals surface area contributed by atoms with E-state index in [1.165, 1.54) is 51.4 Å². The van der Waals surface area contributed by atoms with E-state index in [0.29, 0.717) is 18.6 Å². The van der Waals surface area contributed by atoms with Crippen LogP contribution in [-0.2, 0) is 23.8 Å². The van der Waals surface area contributed by atoms with Gasteiger partial charge in [0.05, 0.1) is 39.3 Å². The van der Waals surface area contributed by atoms with E-state index in [2.05, 4.69) is 40.7 Å². The fraction of sp³-hybridized carbons (Fsp3) is 0.941. The second-order valence-corrected chi connectivity index (χ2v) is 16.6. The van der Waals surface area contributed by atoms with E-state index in [1.54, 1.807) is 5.57 Å². The Labute approximate surface area is 251 Å². The number of aliphatic hydroxyl groups excluding tert-OH is 1. The van der Waals surface area contributed by atoms with Gasteiger partial charge in [0, 0.05) is 0 Å². The van der Waals surface area contributed by atoms with Gasteiger partial charge in [-0.2, -0.15) is 8.42 Å². The zero-order valence-corrected chi connectivity index (χ0v) is 27.7. The van der Waals surface area contributed by atoms with Crippen LogP contribution in [0.25, 0.3) is 0 Å². The van der Waals surface area contributed by atoms with E-state index >= 15 is 0 Å². The molecule has 0 saturated heterocycles. The topological polar surface area (TPSA) is 82.1 Å². The number of fused-ring (bicyclic) bond motifs is 5. The smallest absolute Gasteiger partial charge is 0.264 e. The van der Waals surface area contributed by atoms with Crippen LogP contribution in [0.5, 0.6) is 0 Å². The second-order valence-electron chi connectivity index (χ2n) is 15.0. The molecule has 0 spiro atoms. The first-order valence-corrected chi connectivity index (χ1v) is 18.5. The van der Waals surface area contributed by atoms with Gasteiger partial charge in [-0.3, -0.25) is 4.18 Å². The summed E-state index contributed by atoms with van der Waals surface area (Å²) in [6.07, 6.45) is 17.0. The van der Waals surface area contributed by atoms with Crippen LogP contribution in [0.4, 0.5) is 0 Å². The molecule has 4 aliphatic carbocycles. The van der Waals surface area contributed by atoms with Crippen molar-refractivity contribution in [2.45, 2.75) is 111 Å². The summed E-state index contributed by atoms with van der Waals surface area (Å²) in [5, 5.41) is 8.87. The van der Waals surface area contributed by atoms with Gasteiger partial charge in [-0.1, -0.05) is 65.5 Å². The van der Waals surface area contributed by atoms with E-state index in [1.807, 2.05) is 0 Å². The van der Waals surface area contributed by atoms with Crippen LogP contribution in [-0.4, -0.2) is 58.9 Å². The minimum atomic E-state index is -3.59. The first-order valence-electron chi connectivity index (χ1n) is 16.7. The van der Waals surface area contributed by atoms with Crippen molar-refractivity contribution in [3.63, 3.8) is 0 Å². The maximum Gasteiger partial charge on any atom is 0.264 e. The van der Waals surface area contributed by atoms with Crippen LogP contribution in [0.1, 0.15) is 105 Å². The zero-order valence-electron chi connectivity index (χ0n) is 26.9. The minimum absolute atomic E-state index is 0.0181. The lowest BCUT2D eigenvalue weighted by Gasteiger charge is -2.59. The average molecular weight is 597 g/mol. The molecule has 6 nitrogen and oxygen atoms in total. The number of aliphatic hydroxyl groups is 1. The predicted molar refractivity (Wildman–Crippen MR) is 165 cm³/mol. The van der Waals surface area contributed by atoms with Gasteiger partial charge in [-0.05, 0) is 104 Å². The molecule has 7 heteroatoms. The Morgan fingerprint density at radius 2 is 1.73 bits per heavy atom. The summed E-state index contributed by atoms with van der Waals surface area (Å²) in [7, 11) is -3.59. The van der Waals surface area contributed by atoms with Crippen LogP contribution in [0.3, 0.4) is 0 Å². The average Bonchev–Trinajstić information content (AvgIpc) is 3.26. The van der Waals surface area contributed by atoms with Gasteiger partial charge in [0.1, 0.15) is 6.10 Å². The monoisotopic (exact) mass is 596 g/mol. The molecule has 41 heavy (non-hydrogen) atoms. The van der Waals surface area contributed by atoms with Gasteiger partial charge >= 0.3 is 0 Å². The fourth-order valence-corrected chi connectivity index (χ4v) is 10.6. The first-order chi connectivity index (χ1) is 19.4. The molecule has 0 heterocycles. The zero-order chi connectivity index (χ0) is 29.8. The van der Waals surface area contributed by atoms with Crippen LogP contribution < -0.4 is 0 Å². The number of rotatable bonds is 15. The standard InChI is InChI=1S/C34H60O6S/c1-24(2)8-7-9-25(3)29-12-13-30-28-11-10-27-22-26(14-16-33(27,4)31(28)15-17-34(29,30)5)32(40-41(6,36)37)23-39-21-20-38-19-18-35/h10,24-26,28-32,35H,7-9,11-23H2,1-6H3/t25-,26?,28?,29-,30?,31?,32?,33+,34-/m1/s1. The van der Waals surface area contributed by atoms with Crippen molar-refractivity contribution in [3.05, 3.63) is 11.6 Å². The summed E-state index contributed by atoms with van der Waals surface area (Å²) in [4.78, 5) is 0. The van der Waals surface area contributed by atoms with Crippen molar-refractivity contribution in [1.82, 2.24) is 0 Å². The molecule has 0 aromatic heterocycles. The van der Waals surface area contributed by atoms with E-state index in [4.69, 9.17) is 18.8 Å². The molecule has 238 valence electrons. The molecule has 1 N–H and O–H groups in total. The van der Waals surface area contributed by atoms with E-state index in [0.717, 1.165) is 61.0 Å². The van der Waals surface area contributed by atoms with Crippen LogP contribution in [0.2, 0.25) is 0 Å². The maximum absolute atomic E-state index is 12.1. The molecule has 3 fully saturated rings. The quantitative estimate of drug-likeness (QED) is 0.124. The predicted octanol–water partition coefficient (Wildman–Crippen LogP) is 7.01. The summed E-state index contributed by atoms with van der Waals surface area (Å²) in [6.45, 7) is 13.7. The van der Waals surface area contributed by atoms with Crippen molar-refractivity contribution in [2.24, 2.45) is 52.3 Å². The van der Waals surface area contributed by atoms with Gasteiger partial charge in [0.15, 0.2) is 0 Å². The molecule has 0 aromatic rings. The number of ether oxygens (including phenoxy) is 2. The SMILES string of the molecule is CC(C)CCC[C@@H](C)[C@H]1CCC2C3CC=C4CC(C(COCCOCCO)OS(C)(=O)=O)CC[C@]4(C)C3CC[C@@]21C. The summed E-state index contributed by atoms with van der Waals surface area (Å²) >= 11 is 0. The highest BCUT2D eigenvalue weighted by Crippen LogP contribution is 2.67. The third kappa shape index (κ3) is 7.79. The largest absolute Gasteiger partial charge is 0.394 e. The molecule has 0 aliphatic heterocycles. The summed E-state index contributed by atoms with van der Waals surface area (Å²) in [5.41, 5.74) is 2.25. The van der Waals surface area contributed by atoms with E-state index in [9.17, 15) is 8.42 Å². The van der Waals surface area contributed by atoms with E-state index in [-0.39, 0.29) is 31.2 Å². The lowest BCUT2D eigenvalue weighted by molar-refractivity contribution is -0.0607. The lowest BCUT2D eigenvalue weighted by atomic mass is 9.46. The minimum Gasteiger partial charge on any atom is -0.394 e.